The van der Waals surface area contributed by atoms with Crippen LogP contribution in [0.1, 0.15) is 56.6 Å². The van der Waals surface area contributed by atoms with Gasteiger partial charge in [-0.1, -0.05) is 38.3 Å². The molecule has 2 rings (SSSR count). The van der Waals surface area contributed by atoms with E-state index in [0.29, 0.717) is 5.75 Å². The van der Waals surface area contributed by atoms with Crippen molar-refractivity contribution < 1.29 is 9.53 Å². The molecule has 0 bridgehead atoms. The van der Waals surface area contributed by atoms with E-state index >= 15 is 0 Å². The van der Waals surface area contributed by atoms with Gasteiger partial charge in [0.05, 0.1) is 5.92 Å². The first-order chi connectivity index (χ1) is 8.99. The highest BCUT2D eigenvalue weighted by Crippen LogP contribution is 2.34. The maximum atomic E-state index is 12.1. The summed E-state index contributed by atoms with van der Waals surface area (Å²) in [5, 5.41) is 0.726. The van der Waals surface area contributed by atoms with Crippen molar-refractivity contribution in [1.82, 2.24) is 0 Å². The van der Waals surface area contributed by atoms with Crippen LogP contribution in [0.2, 0.25) is 5.02 Å². The van der Waals surface area contributed by atoms with E-state index in [2.05, 4.69) is 13.8 Å². The number of esters is 1. The smallest absolute Gasteiger partial charge is 0.314 e. The average Bonchev–Trinajstić information content (AvgIpc) is 2.86. The predicted molar refractivity (Wildman–Crippen MR) is 77.9 cm³/mol. The number of carbonyl (C=O) groups excluding carboxylic acids is 1. The van der Waals surface area contributed by atoms with Gasteiger partial charge >= 0.3 is 5.97 Å². The molecule has 0 radical (unpaired) electrons. The lowest BCUT2D eigenvalue weighted by atomic mass is 10.0. The zero-order chi connectivity index (χ0) is 14.0. The number of carbonyl (C=O) groups is 1. The van der Waals surface area contributed by atoms with Crippen LogP contribution >= 0.6 is 11.6 Å². The summed E-state index contributed by atoms with van der Waals surface area (Å²) in [6, 6.07) is 3.79. The minimum atomic E-state index is -0.0823. The van der Waals surface area contributed by atoms with Gasteiger partial charge in [0.25, 0.3) is 0 Å². The Balaban J connectivity index is 2.23. The second kappa shape index (κ2) is 5.96. The first-order valence-electron chi connectivity index (χ1n) is 7.00. The fourth-order valence-electron chi connectivity index (χ4n) is 2.56. The lowest BCUT2D eigenvalue weighted by molar-refractivity contribution is -0.138. The van der Waals surface area contributed by atoms with Crippen molar-refractivity contribution in [2.24, 2.45) is 5.92 Å². The molecule has 0 spiro atoms. The Labute approximate surface area is 120 Å². The van der Waals surface area contributed by atoms with Gasteiger partial charge in [-0.05, 0) is 48.9 Å². The van der Waals surface area contributed by atoms with Crippen LogP contribution in [0.4, 0.5) is 0 Å². The summed E-state index contributed by atoms with van der Waals surface area (Å²) in [5.74, 6) is 0.954. The SMILES string of the molecule is Cc1cc(OC(=O)C2CCCC2)c(C(C)C)cc1Cl. The maximum absolute atomic E-state index is 12.1. The van der Waals surface area contributed by atoms with E-state index < -0.39 is 0 Å². The lowest BCUT2D eigenvalue weighted by Crippen LogP contribution is -2.18. The van der Waals surface area contributed by atoms with E-state index in [1.807, 2.05) is 19.1 Å². The van der Waals surface area contributed by atoms with Crippen LogP contribution in [-0.2, 0) is 4.79 Å². The zero-order valence-corrected chi connectivity index (χ0v) is 12.6. The highest BCUT2D eigenvalue weighted by molar-refractivity contribution is 6.31. The molecule has 0 saturated heterocycles. The molecule has 0 heterocycles. The van der Waals surface area contributed by atoms with Gasteiger partial charge in [-0.2, -0.15) is 0 Å². The lowest BCUT2D eigenvalue weighted by Gasteiger charge is -2.16. The number of ether oxygens (including phenoxy) is 1. The number of rotatable bonds is 3. The minimum absolute atomic E-state index is 0.0796. The van der Waals surface area contributed by atoms with Gasteiger partial charge in [0, 0.05) is 5.02 Å². The normalized spacial score (nSPS) is 16.1. The zero-order valence-electron chi connectivity index (χ0n) is 11.8. The Morgan fingerprint density at radius 1 is 1.32 bits per heavy atom. The molecule has 0 N–H and O–H groups in total. The Bertz CT molecular complexity index is 474. The maximum Gasteiger partial charge on any atom is 0.314 e. The molecule has 0 aromatic heterocycles. The molecule has 1 aliphatic rings. The van der Waals surface area contributed by atoms with Crippen LogP contribution in [0.15, 0.2) is 12.1 Å². The molecule has 0 unspecified atom stereocenters. The topological polar surface area (TPSA) is 26.3 Å². The van der Waals surface area contributed by atoms with Crippen molar-refractivity contribution in [1.29, 1.82) is 0 Å². The fraction of sp³-hybridized carbons (Fsp3) is 0.562. The second-order valence-corrected chi connectivity index (χ2v) is 6.10. The number of hydrogen-bond acceptors (Lipinski definition) is 2. The summed E-state index contributed by atoms with van der Waals surface area (Å²) >= 11 is 6.15. The molecule has 1 aromatic rings. The van der Waals surface area contributed by atoms with E-state index in [-0.39, 0.29) is 17.8 Å². The number of hydrogen-bond donors (Lipinski definition) is 0. The van der Waals surface area contributed by atoms with Crippen molar-refractivity contribution >= 4 is 17.6 Å². The number of aryl methyl sites for hydroxylation is 1. The molecule has 1 fully saturated rings. The van der Waals surface area contributed by atoms with Gasteiger partial charge in [0.2, 0.25) is 0 Å². The molecular formula is C16H21ClO2. The largest absolute Gasteiger partial charge is 0.426 e. The third-order valence-electron chi connectivity index (χ3n) is 3.81. The van der Waals surface area contributed by atoms with Crippen LogP contribution in [-0.4, -0.2) is 5.97 Å². The summed E-state index contributed by atoms with van der Waals surface area (Å²) in [6.07, 6.45) is 4.19. The van der Waals surface area contributed by atoms with Crippen LogP contribution in [0, 0.1) is 12.8 Å². The van der Waals surface area contributed by atoms with Gasteiger partial charge in [-0.3, -0.25) is 4.79 Å². The molecule has 3 heteroatoms. The first kappa shape index (κ1) is 14.4. The summed E-state index contributed by atoms with van der Waals surface area (Å²) in [6.45, 7) is 6.08. The molecule has 1 saturated carbocycles. The summed E-state index contributed by atoms with van der Waals surface area (Å²) in [7, 11) is 0. The fourth-order valence-corrected chi connectivity index (χ4v) is 2.74. The van der Waals surface area contributed by atoms with Gasteiger partial charge in [-0.25, -0.2) is 0 Å². The molecule has 1 aromatic carbocycles. The van der Waals surface area contributed by atoms with Crippen molar-refractivity contribution in [2.45, 2.75) is 52.4 Å². The standard InChI is InChI=1S/C16H21ClO2/c1-10(2)13-9-14(17)11(3)8-15(13)19-16(18)12-6-4-5-7-12/h8-10,12H,4-7H2,1-3H3. The molecule has 104 valence electrons. The quantitative estimate of drug-likeness (QED) is 0.583. The van der Waals surface area contributed by atoms with Crippen molar-refractivity contribution in [3.63, 3.8) is 0 Å². The van der Waals surface area contributed by atoms with E-state index in [0.717, 1.165) is 41.8 Å². The van der Waals surface area contributed by atoms with Crippen molar-refractivity contribution in [2.75, 3.05) is 0 Å². The Kier molecular flexibility index (Phi) is 4.51. The number of benzene rings is 1. The molecule has 0 amide bonds. The Hall–Kier alpha value is -1.02. The van der Waals surface area contributed by atoms with Gasteiger partial charge in [0.1, 0.15) is 5.75 Å². The summed E-state index contributed by atoms with van der Waals surface area (Å²) < 4.78 is 5.63. The third kappa shape index (κ3) is 3.30. The van der Waals surface area contributed by atoms with Gasteiger partial charge in [0.15, 0.2) is 0 Å². The average molecular weight is 281 g/mol. The molecule has 0 atom stereocenters. The molecule has 19 heavy (non-hydrogen) atoms. The van der Waals surface area contributed by atoms with E-state index in [1.54, 1.807) is 0 Å². The monoisotopic (exact) mass is 280 g/mol. The predicted octanol–water partition coefficient (Wildman–Crippen LogP) is 4.87. The number of halogens is 1. The van der Waals surface area contributed by atoms with Crippen molar-refractivity contribution in [3.8, 4) is 5.75 Å². The molecule has 2 nitrogen and oxygen atoms in total. The van der Waals surface area contributed by atoms with E-state index in [4.69, 9.17) is 16.3 Å². The minimum Gasteiger partial charge on any atom is -0.426 e. The summed E-state index contributed by atoms with van der Waals surface area (Å²) in [4.78, 5) is 12.1. The van der Waals surface area contributed by atoms with Crippen molar-refractivity contribution in [3.05, 3.63) is 28.3 Å². The Morgan fingerprint density at radius 3 is 2.53 bits per heavy atom. The third-order valence-corrected chi connectivity index (χ3v) is 4.22. The van der Waals surface area contributed by atoms with Crippen LogP contribution in [0.25, 0.3) is 0 Å². The summed E-state index contributed by atoms with van der Waals surface area (Å²) in [5.41, 5.74) is 1.95. The van der Waals surface area contributed by atoms with Crippen LogP contribution < -0.4 is 4.74 Å². The van der Waals surface area contributed by atoms with Crippen LogP contribution in [0.5, 0.6) is 5.75 Å². The molecular weight excluding hydrogens is 260 g/mol. The van der Waals surface area contributed by atoms with Gasteiger partial charge in [-0.15, -0.1) is 0 Å². The highest BCUT2D eigenvalue weighted by Gasteiger charge is 2.25. The molecule has 0 aliphatic heterocycles. The highest BCUT2D eigenvalue weighted by atomic mass is 35.5. The second-order valence-electron chi connectivity index (χ2n) is 5.70. The van der Waals surface area contributed by atoms with E-state index in [9.17, 15) is 4.79 Å². The first-order valence-corrected chi connectivity index (χ1v) is 7.38. The van der Waals surface area contributed by atoms with Gasteiger partial charge < -0.3 is 4.74 Å². The Morgan fingerprint density at radius 2 is 1.95 bits per heavy atom. The van der Waals surface area contributed by atoms with Crippen LogP contribution in [0.3, 0.4) is 0 Å². The molecule has 1 aliphatic carbocycles. The van der Waals surface area contributed by atoms with E-state index in [1.165, 1.54) is 0 Å².